The Bertz CT molecular complexity index is 1380. The Labute approximate surface area is 198 Å². The fraction of sp³-hybridized carbons (Fsp3) is 0.364. The molecule has 2 unspecified atom stereocenters. The van der Waals surface area contributed by atoms with E-state index in [0.29, 0.717) is 37.2 Å². The maximum absolute atomic E-state index is 13.0. The number of rotatable bonds is 4. The lowest BCUT2D eigenvalue weighted by atomic mass is 10.0. The molecule has 0 spiro atoms. The number of aryl methyl sites for hydroxylation is 1. The molecule has 2 N–H and O–H groups in total. The monoisotopic (exact) mass is 475 g/mol. The van der Waals surface area contributed by atoms with E-state index in [2.05, 4.69) is 31.0 Å². The van der Waals surface area contributed by atoms with Gasteiger partial charge >= 0.3 is 0 Å². The lowest BCUT2D eigenvalue weighted by molar-refractivity contribution is -0.136. The molecular weight excluding hydrogens is 454 g/mol. The molecule has 0 aliphatic carbocycles. The zero-order chi connectivity index (χ0) is 24.1. The molecule has 1 fully saturated rings. The Balaban J connectivity index is 1.16. The van der Waals surface area contributed by atoms with E-state index >= 15 is 0 Å². The van der Waals surface area contributed by atoms with Gasteiger partial charge in [0.25, 0.3) is 11.8 Å². The summed E-state index contributed by atoms with van der Waals surface area (Å²) in [7, 11) is 0. The van der Waals surface area contributed by atoms with Crippen LogP contribution in [0.2, 0.25) is 0 Å². The molecule has 0 bridgehead atoms. The van der Waals surface area contributed by atoms with Crippen LogP contribution in [-0.2, 0) is 29.1 Å². The summed E-state index contributed by atoms with van der Waals surface area (Å²) < 4.78 is 3.27. The van der Waals surface area contributed by atoms with E-state index in [1.807, 2.05) is 4.68 Å². The number of piperidine rings is 1. The van der Waals surface area contributed by atoms with E-state index in [0.717, 1.165) is 17.8 Å². The fourth-order valence-corrected chi connectivity index (χ4v) is 4.80. The highest BCUT2D eigenvalue weighted by Gasteiger charge is 2.39. The maximum Gasteiger partial charge on any atom is 0.273 e. The number of imide groups is 1. The number of amides is 4. The average molecular weight is 475 g/mol. The minimum atomic E-state index is -0.675. The van der Waals surface area contributed by atoms with Gasteiger partial charge in [0.2, 0.25) is 11.8 Å². The van der Waals surface area contributed by atoms with Crippen molar-refractivity contribution in [2.75, 3.05) is 0 Å². The summed E-state index contributed by atoms with van der Waals surface area (Å²) in [5, 5.41) is 17.5. The highest BCUT2D eigenvalue weighted by molar-refractivity contribution is 6.05. The molecule has 5 heterocycles. The number of hydrogen-bond acceptors (Lipinski definition) is 8. The summed E-state index contributed by atoms with van der Waals surface area (Å²) in [6, 6.07) is 4.51. The Morgan fingerprint density at radius 2 is 2.06 bits per heavy atom. The van der Waals surface area contributed by atoms with Crippen LogP contribution in [0.5, 0.6) is 0 Å². The fourth-order valence-electron chi connectivity index (χ4n) is 4.80. The molecule has 2 aromatic heterocycles. The van der Waals surface area contributed by atoms with Crippen LogP contribution in [0.15, 0.2) is 30.7 Å². The van der Waals surface area contributed by atoms with E-state index in [9.17, 15) is 19.2 Å². The molecule has 6 rings (SSSR count). The molecule has 3 aliphatic rings. The zero-order valence-electron chi connectivity index (χ0n) is 18.5. The van der Waals surface area contributed by atoms with Crippen LogP contribution in [0.3, 0.4) is 0 Å². The summed E-state index contributed by atoms with van der Waals surface area (Å²) in [5.74, 6) is -0.558. The number of aromatic nitrogens is 6. The van der Waals surface area contributed by atoms with Gasteiger partial charge in [0.15, 0.2) is 5.69 Å². The number of benzene rings is 1. The van der Waals surface area contributed by atoms with E-state index < -0.39 is 11.9 Å². The molecule has 13 nitrogen and oxygen atoms in total. The third-order valence-corrected chi connectivity index (χ3v) is 6.65. The van der Waals surface area contributed by atoms with Crippen molar-refractivity contribution in [1.82, 2.24) is 45.3 Å². The lowest BCUT2D eigenvalue weighted by Crippen LogP contribution is -2.52. The minimum absolute atomic E-state index is 0.0692. The van der Waals surface area contributed by atoms with E-state index in [-0.39, 0.29) is 35.9 Å². The van der Waals surface area contributed by atoms with Crippen molar-refractivity contribution in [2.45, 2.75) is 50.9 Å². The predicted molar refractivity (Wildman–Crippen MR) is 117 cm³/mol. The summed E-state index contributed by atoms with van der Waals surface area (Å²) >= 11 is 0. The first kappa shape index (κ1) is 21.1. The quantitative estimate of drug-likeness (QED) is 0.472. The van der Waals surface area contributed by atoms with Crippen molar-refractivity contribution in [3.05, 3.63) is 53.4 Å². The standard InChI is InChI=1S/C22H21N9O4/c32-19-4-3-17(21(34)26-19)29-9-12-1-2-14(8-15(12)22(29)35)31-10-16(27-28-31)20(33)25-13-5-6-30-18(7-13)23-11-24-30/h1-2,8,10-11,13,17H,3-7,9H2,(H,25,33)(H,26,32,34). The number of hydrogen-bond donors (Lipinski definition) is 2. The van der Waals surface area contributed by atoms with Crippen molar-refractivity contribution in [3.63, 3.8) is 0 Å². The van der Waals surface area contributed by atoms with Gasteiger partial charge in [-0.05, 0) is 30.5 Å². The molecule has 35 heavy (non-hydrogen) atoms. The second-order valence-electron chi connectivity index (χ2n) is 8.85. The van der Waals surface area contributed by atoms with Crippen LogP contribution in [0, 0.1) is 0 Å². The molecule has 4 amide bonds. The number of fused-ring (bicyclic) bond motifs is 2. The predicted octanol–water partition coefficient (Wildman–Crippen LogP) is -0.635. The molecule has 3 aliphatic heterocycles. The van der Waals surface area contributed by atoms with E-state index in [1.165, 1.54) is 22.1 Å². The molecule has 13 heteroatoms. The van der Waals surface area contributed by atoms with Gasteiger partial charge in [-0.2, -0.15) is 5.10 Å². The molecular formula is C22H21N9O4. The van der Waals surface area contributed by atoms with Gasteiger partial charge in [0.05, 0.1) is 11.9 Å². The summed E-state index contributed by atoms with van der Waals surface area (Å²) in [5.41, 5.74) is 1.97. The SMILES string of the molecule is O=C1CCC(N2Cc3ccc(-n4cc(C(=O)NC5CCn6ncnc6C5)nn4)cc3C2=O)C(=O)N1. The molecule has 1 saturated heterocycles. The average Bonchev–Trinajstić information content (AvgIpc) is 3.58. The number of carbonyl (C=O) groups excluding carboxylic acids is 4. The minimum Gasteiger partial charge on any atom is -0.347 e. The van der Waals surface area contributed by atoms with Crippen LogP contribution in [0.4, 0.5) is 0 Å². The van der Waals surface area contributed by atoms with E-state index in [1.54, 1.807) is 18.2 Å². The van der Waals surface area contributed by atoms with Gasteiger partial charge in [-0.25, -0.2) is 14.3 Å². The van der Waals surface area contributed by atoms with E-state index in [4.69, 9.17) is 0 Å². The Kier molecular flexibility index (Phi) is 4.90. The Hall–Kier alpha value is -4.42. The first-order chi connectivity index (χ1) is 17.0. The Morgan fingerprint density at radius 3 is 2.91 bits per heavy atom. The molecule has 0 saturated carbocycles. The topological polar surface area (TPSA) is 157 Å². The van der Waals surface area contributed by atoms with Gasteiger partial charge in [-0.1, -0.05) is 11.3 Å². The number of carbonyl (C=O) groups is 4. The van der Waals surface area contributed by atoms with Crippen LogP contribution >= 0.6 is 0 Å². The third kappa shape index (κ3) is 3.74. The van der Waals surface area contributed by atoms with Crippen molar-refractivity contribution in [2.24, 2.45) is 0 Å². The van der Waals surface area contributed by atoms with Crippen molar-refractivity contribution >= 4 is 23.6 Å². The highest BCUT2D eigenvalue weighted by atomic mass is 16.2. The van der Waals surface area contributed by atoms with Crippen LogP contribution in [0.25, 0.3) is 5.69 Å². The third-order valence-electron chi connectivity index (χ3n) is 6.65. The summed E-state index contributed by atoms with van der Waals surface area (Å²) in [6.45, 7) is 0.979. The van der Waals surface area contributed by atoms with Crippen molar-refractivity contribution < 1.29 is 19.2 Å². The summed E-state index contributed by atoms with van der Waals surface area (Å²) in [6.07, 6.45) is 4.87. The maximum atomic E-state index is 13.0. The smallest absolute Gasteiger partial charge is 0.273 e. The van der Waals surface area contributed by atoms with Crippen LogP contribution in [-0.4, -0.2) is 70.4 Å². The Morgan fingerprint density at radius 1 is 1.17 bits per heavy atom. The second-order valence-corrected chi connectivity index (χ2v) is 8.85. The van der Waals surface area contributed by atoms with Gasteiger partial charge in [-0.15, -0.1) is 5.10 Å². The lowest BCUT2D eigenvalue weighted by Gasteiger charge is -2.29. The molecule has 1 aromatic carbocycles. The highest BCUT2D eigenvalue weighted by Crippen LogP contribution is 2.29. The largest absolute Gasteiger partial charge is 0.347 e. The van der Waals surface area contributed by atoms with Crippen LogP contribution in [0.1, 0.15) is 51.5 Å². The molecule has 2 atom stereocenters. The van der Waals surface area contributed by atoms with Gasteiger partial charge in [-0.3, -0.25) is 24.5 Å². The second kappa shape index (κ2) is 8.11. The molecule has 3 aromatic rings. The van der Waals surface area contributed by atoms with Crippen molar-refractivity contribution in [1.29, 1.82) is 0 Å². The number of nitrogens with one attached hydrogen (secondary N) is 2. The van der Waals surface area contributed by atoms with Gasteiger partial charge in [0, 0.05) is 37.5 Å². The number of nitrogens with zero attached hydrogens (tertiary/aromatic N) is 7. The zero-order valence-corrected chi connectivity index (χ0v) is 18.5. The van der Waals surface area contributed by atoms with Gasteiger partial charge < -0.3 is 10.2 Å². The first-order valence-electron chi connectivity index (χ1n) is 11.3. The van der Waals surface area contributed by atoms with Gasteiger partial charge in [0.1, 0.15) is 18.2 Å². The molecule has 178 valence electrons. The van der Waals surface area contributed by atoms with Crippen molar-refractivity contribution in [3.8, 4) is 5.69 Å². The molecule has 0 radical (unpaired) electrons. The first-order valence-corrected chi connectivity index (χ1v) is 11.3. The summed E-state index contributed by atoms with van der Waals surface area (Å²) in [4.78, 5) is 55.2. The van der Waals surface area contributed by atoms with Crippen LogP contribution < -0.4 is 10.6 Å². The normalized spacial score (nSPS) is 21.5.